The van der Waals surface area contributed by atoms with Gasteiger partial charge in [-0.05, 0) is 36.7 Å². The molecule has 2 fully saturated rings. The maximum absolute atomic E-state index is 10.2. The largest absolute Gasteiger partial charge is 0.391 e. The summed E-state index contributed by atoms with van der Waals surface area (Å²) in [5, 5.41) is 10.2. The monoisotopic (exact) mass is 289 g/mol. The molecule has 1 saturated heterocycles. The van der Waals surface area contributed by atoms with Crippen molar-refractivity contribution in [3.05, 3.63) is 0 Å². The van der Waals surface area contributed by atoms with Crippen molar-refractivity contribution in [3.8, 4) is 0 Å². The molecule has 1 saturated carbocycles. The SMILES string of the molecule is NC(CC1CCCCC1)C(O)CC1SCCCS1. The summed E-state index contributed by atoms with van der Waals surface area (Å²) in [7, 11) is 0. The first-order chi connectivity index (χ1) is 8.75. The standard InChI is InChI=1S/C14H27NOS2/c15-12(9-11-5-2-1-3-6-11)13(16)10-14-17-7-4-8-18-14/h11-14,16H,1-10,15H2. The van der Waals surface area contributed by atoms with Crippen LogP contribution in [0.5, 0.6) is 0 Å². The minimum Gasteiger partial charge on any atom is -0.391 e. The molecular weight excluding hydrogens is 262 g/mol. The summed E-state index contributed by atoms with van der Waals surface area (Å²) in [6, 6.07) is -0.00349. The fourth-order valence-electron chi connectivity index (χ4n) is 3.01. The number of rotatable bonds is 5. The van der Waals surface area contributed by atoms with Gasteiger partial charge in [0.1, 0.15) is 0 Å². The normalized spacial score (nSPS) is 27.0. The average molecular weight is 290 g/mol. The van der Waals surface area contributed by atoms with E-state index in [4.69, 9.17) is 5.73 Å². The molecule has 0 aromatic heterocycles. The highest BCUT2D eigenvalue weighted by Gasteiger charge is 2.25. The second-order valence-electron chi connectivity index (χ2n) is 5.73. The van der Waals surface area contributed by atoms with E-state index in [2.05, 4.69) is 0 Å². The van der Waals surface area contributed by atoms with Crippen LogP contribution in [0.25, 0.3) is 0 Å². The fraction of sp³-hybridized carbons (Fsp3) is 1.00. The lowest BCUT2D eigenvalue weighted by atomic mass is 9.83. The maximum Gasteiger partial charge on any atom is 0.0709 e. The number of hydrogen-bond donors (Lipinski definition) is 2. The quantitative estimate of drug-likeness (QED) is 0.816. The lowest BCUT2D eigenvalue weighted by Gasteiger charge is -2.29. The molecule has 18 heavy (non-hydrogen) atoms. The van der Waals surface area contributed by atoms with Crippen molar-refractivity contribution in [2.45, 2.75) is 68.1 Å². The van der Waals surface area contributed by atoms with Crippen LogP contribution in [-0.4, -0.2) is 33.3 Å². The summed E-state index contributed by atoms with van der Waals surface area (Å²) < 4.78 is 0.575. The molecular formula is C14H27NOS2. The van der Waals surface area contributed by atoms with Crippen LogP contribution in [0.3, 0.4) is 0 Å². The third-order valence-electron chi connectivity index (χ3n) is 4.15. The summed E-state index contributed by atoms with van der Waals surface area (Å²) >= 11 is 4.00. The smallest absolute Gasteiger partial charge is 0.0709 e. The Bertz CT molecular complexity index is 204. The molecule has 2 nitrogen and oxygen atoms in total. The van der Waals surface area contributed by atoms with Crippen LogP contribution >= 0.6 is 23.5 Å². The maximum atomic E-state index is 10.2. The van der Waals surface area contributed by atoms with Crippen LogP contribution < -0.4 is 5.73 Å². The van der Waals surface area contributed by atoms with Gasteiger partial charge in [0.2, 0.25) is 0 Å². The predicted octanol–water partition coefficient (Wildman–Crippen LogP) is 3.23. The second kappa shape index (κ2) is 8.03. The minimum atomic E-state index is -0.296. The Morgan fingerprint density at radius 2 is 1.67 bits per heavy atom. The molecule has 0 amide bonds. The molecule has 4 heteroatoms. The van der Waals surface area contributed by atoms with Gasteiger partial charge in [-0.25, -0.2) is 0 Å². The van der Waals surface area contributed by atoms with Gasteiger partial charge in [-0.15, -0.1) is 23.5 Å². The van der Waals surface area contributed by atoms with Crippen LogP contribution in [0.1, 0.15) is 51.4 Å². The zero-order valence-corrected chi connectivity index (χ0v) is 12.9. The van der Waals surface area contributed by atoms with Crippen molar-refractivity contribution >= 4 is 23.5 Å². The van der Waals surface area contributed by atoms with E-state index in [9.17, 15) is 5.11 Å². The molecule has 0 aromatic rings. The van der Waals surface area contributed by atoms with E-state index in [-0.39, 0.29) is 12.1 Å². The Balaban J connectivity index is 1.68. The van der Waals surface area contributed by atoms with Gasteiger partial charge in [0.05, 0.1) is 10.7 Å². The molecule has 1 aliphatic heterocycles. The first-order valence-corrected chi connectivity index (χ1v) is 9.52. The highest BCUT2D eigenvalue weighted by atomic mass is 32.2. The summed E-state index contributed by atoms with van der Waals surface area (Å²) in [4.78, 5) is 0. The van der Waals surface area contributed by atoms with Crippen LogP contribution in [0.4, 0.5) is 0 Å². The average Bonchev–Trinajstić information content (AvgIpc) is 2.41. The van der Waals surface area contributed by atoms with Crippen molar-refractivity contribution in [1.29, 1.82) is 0 Å². The predicted molar refractivity (Wildman–Crippen MR) is 83.1 cm³/mol. The zero-order chi connectivity index (χ0) is 12.8. The van der Waals surface area contributed by atoms with Crippen LogP contribution in [0.2, 0.25) is 0 Å². The van der Waals surface area contributed by atoms with Gasteiger partial charge >= 0.3 is 0 Å². The van der Waals surface area contributed by atoms with E-state index in [0.717, 1.165) is 18.8 Å². The Labute approximate surface area is 120 Å². The van der Waals surface area contributed by atoms with Gasteiger partial charge in [0, 0.05) is 6.04 Å². The molecule has 106 valence electrons. The molecule has 2 aliphatic rings. The van der Waals surface area contributed by atoms with E-state index in [1.807, 2.05) is 23.5 Å². The Morgan fingerprint density at radius 3 is 2.33 bits per heavy atom. The Kier molecular flexibility index (Phi) is 6.70. The third kappa shape index (κ3) is 4.95. The van der Waals surface area contributed by atoms with Crippen LogP contribution in [-0.2, 0) is 0 Å². The number of aliphatic hydroxyl groups excluding tert-OH is 1. The molecule has 0 aromatic carbocycles. The van der Waals surface area contributed by atoms with Gasteiger partial charge in [-0.3, -0.25) is 0 Å². The Morgan fingerprint density at radius 1 is 1.00 bits per heavy atom. The van der Waals surface area contributed by atoms with E-state index in [1.54, 1.807) is 0 Å². The number of nitrogens with two attached hydrogens (primary N) is 1. The van der Waals surface area contributed by atoms with Gasteiger partial charge in [0.15, 0.2) is 0 Å². The highest BCUT2D eigenvalue weighted by molar-refractivity contribution is 8.17. The zero-order valence-electron chi connectivity index (χ0n) is 11.2. The first-order valence-electron chi connectivity index (χ1n) is 7.42. The summed E-state index contributed by atoms with van der Waals surface area (Å²) in [5.74, 6) is 3.28. The van der Waals surface area contributed by atoms with Crippen molar-refractivity contribution in [2.24, 2.45) is 11.7 Å². The van der Waals surface area contributed by atoms with Crippen LogP contribution in [0.15, 0.2) is 0 Å². The number of hydrogen-bond acceptors (Lipinski definition) is 4. The first kappa shape index (κ1) is 15.0. The Hall–Kier alpha value is 0.620. The molecule has 1 aliphatic carbocycles. The topological polar surface area (TPSA) is 46.2 Å². The number of thioether (sulfide) groups is 2. The van der Waals surface area contributed by atoms with E-state index < -0.39 is 0 Å². The van der Waals surface area contributed by atoms with Crippen molar-refractivity contribution in [3.63, 3.8) is 0 Å². The lowest BCUT2D eigenvalue weighted by molar-refractivity contribution is 0.122. The minimum absolute atomic E-state index is 0.00349. The van der Waals surface area contributed by atoms with Gasteiger partial charge in [-0.1, -0.05) is 32.1 Å². The summed E-state index contributed by atoms with van der Waals surface area (Å²) in [5.41, 5.74) is 6.20. The molecule has 2 rings (SSSR count). The second-order valence-corrected chi connectivity index (χ2v) is 8.65. The van der Waals surface area contributed by atoms with Crippen molar-refractivity contribution < 1.29 is 5.11 Å². The van der Waals surface area contributed by atoms with Gasteiger partial charge < -0.3 is 10.8 Å². The molecule has 2 unspecified atom stereocenters. The van der Waals surface area contributed by atoms with Crippen molar-refractivity contribution in [2.75, 3.05) is 11.5 Å². The molecule has 0 radical (unpaired) electrons. The molecule has 2 atom stereocenters. The van der Waals surface area contributed by atoms with Crippen molar-refractivity contribution in [1.82, 2.24) is 0 Å². The highest BCUT2D eigenvalue weighted by Crippen LogP contribution is 2.35. The van der Waals surface area contributed by atoms with E-state index in [0.29, 0.717) is 4.58 Å². The van der Waals surface area contributed by atoms with E-state index >= 15 is 0 Å². The van der Waals surface area contributed by atoms with Gasteiger partial charge in [0.25, 0.3) is 0 Å². The van der Waals surface area contributed by atoms with E-state index in [1.165, 1.54) is 50.0 Å². The molecule has 0 bridgehead atoms. The van der Waals surface area contributed by atoms with Crippen LogP contribution in [0, 0.1) is 5.92 Å². The lowest BCUT2D eigenvalue weighted by Crippen LogP contribution is -2.38. The third-order valence-corrected chi connectivity index (χ3v) is 7.15. The number of aliphatic hydroxyl groups is 1. The summed E-state index contributed by atoms with van der Waals surface area (Å²) in [6.45, 7) is 0. The van der Waals surface area contributed by atoms with Gasteiger partial charge in [-0.2, -0.15) is 0 Å². The molecule has 0 spiro atoms. The molecule has 1 heterocycles. The fourth-order valence-corrected chi connectivity index (χ4v) is 5.97. The molecule has 3 N–H and O–H groups in total. The summed E-state index contributed by atoms with van der Waals surface area (Å²) in [6.07, 6.45) is 9.70.